The Hall–Kier alpha value is -1.97. The van der Waals surface area contributed by atoms with Crippen molar-refractivity contribution in [3.05, 3.63) is 11.5 Å². The second kappa shape index (κ2) is 8.41. The first-order valence-electron chi connectivity index (χ1n) is 7.79. The summed E-state index contributed by atoms with van der Waals surface area (Å²) in [4.78, 5) is 34.0. The molecule has 1 atom stereocenters. The van der Waals surface area contributed by atoms with Crippen LogP contribution in [-0.2, 0) is 16.0 Å². The Labute approximate surface area is 151 Å². The van der Waals surface area contributed by atoms with Gasteiger partial charge in [0.15, 0.2) is 11.6 Å². The summed E-state index contributed by atoms with van der Waals surface area (Å²) >= 11 is 0. The second-order valence-electron chi connectivity index (χ2n) is 5.66. The van der Waals surface area contributed by atoms with Gasteiger partial charge in [0, 0.05) is 13.0 Å². The van der Waals surface area contributed by atoms with E-state index in [-0.39, 0.29) is 43.6 Å². The number of ether oxygens (including phenoxy) is 2. The molecule has 1 unspecified atom stereocenters. The zero-order valence-electron chi connectivity index (χ0n) is 14.4. The number of aliphatic hydroxyl groups excluding tert-OH is 1. The van der Waals surface area contributed by atoms with E-state index < -0.39 is 17.7 Å². The summed E-state index contributed by atoms with van der Waals surface area (Å²) in [5.41, 5.74) is 4.49. The van der Waals surface area contributed by atoms with Crippen molar-refractivity contribution in [1.82, 2.24) is 9.97 Å². The van der Waals surface area contributed by atoms with Gasteiger partial charge in [0.1, 0.15) is 5.82 Å². The third-order valence-electron chi connectivity index (χ3n) is 3.44. The van der Waals surface area contributed by atoms with Gasteiger partial charge in [-0.15, -0.1) is 12.4 Å². The van der Waals surface area contributed by atoms with E-state index in [2.05, 4.69) is 9.97 Å². The van der Waals surface area contributed by atoms with Crippen LogP contribution in [0.3, 0.4) is 0 Å². The largest absolute Gasteiger partial charge is 0.458 e. The Morgan fingerprint density at radius 2 is 2.12 bits per heavy atom. The molecule has 3 N–H and O–H groups in total. The lowest BCUT2D eigenvalue weighted by Crippen LogP contribution is -2.62. The minimum absolute atomic E-state index is 0. The molecule has 0 aliphatic carbocycles. The predicted octanol–water partition coefficient (Wildman–Crippen LogP) is 1.08. The number of imide groups is 1. The van der Waals surface area contributed by atoms with Gasteiger partial charge in [-0.3, -0.25) is 10.5 Å². The fourth-order valence-corrected chi connectivity index (χ4v) is 2.25. The lowest BCUT2D eigenvalue weighted by molar-refractivity contribution is -0.133. The van der Waals surface area contributed by atoms with Crippen LogP contribution in [-0.4, -0.2) is 46.0 Å². The number of hydrogen-bond donors (Lipinski definition) is 2. The van der Waals surface area contributed by atoms with Gasteiger partial charge in [-0.2, -0.15) is 4.90 Å². The number of nitrogens with zero attached hydrogens (tertiary/aromatic N) is 3. The highest BCUT2D eigenvalue weighted by Gasteiger charge is 2.47. The smallest absolute Gasteiger partial charge is 0.422 e. The molecule has 25 heavy (non-hydrogen) atoms. The second-order valence-corrected chi connectivity index (χ2v) is 5.66. The molecular formula is C15H23ClN4O5. The maximum absolute atomic E-state index is 12.5. The molecule has 1 aliphatic rings. The van der Waals surface area contributed by atoms with Crippen LogP contribution in [0.4, 0.5) is 10.6 Å². The van der Waals surface area contributed by atoms with Gasteiger partial charge < -0.3 is 14.6 Å². The Morgan fingerprint density at radius 1 is 1.44 bits per heavy atom. The average molecular weight is 375 g/mol. The number of carbonyl (C=O) groups excluding carboxylic acids is 2. The van der Waals surface area contributed by atoms with Crippen LogP contribution in [0, 0.1) is 6.92 Å². The quantitative estimate of drug-likeness (QED) is 0.732. The fourth-order valence-electron chi connectivity index (χ4n) is 2.25. The average Bonchev–Trinajstić information content (AvgIpc) is 2.50. The third kappa shape index (κ3) is 4.36. The van der Waals surface area contributed by atoms with E-state index in [1.54, 1.807) is 6.92 Å². The minimum atomic E-state index is -1.76. The first-order chi connectivity index (χ1) is 11.3. The fraction of sp³-hybridized carbons (Fsp3) is 0.600. The summed E-state index contributed by atoms with van der Waals surface area (Å²) in [6, 6.07) is 0. The summed E-state index contributed by atoms with van der Waals surface area (Å²) in [5.74, 6) is -0.350. The number of fused-ring (bicyclic) bond motifs is 1. The lowest BCUT2D eigenvalue weighted by atomic mass is 10.1. The number of unbranched alkanes of at least 4 members (excludes halogenated alkanes) is 1. The molecule has 1 aromatic heterocycles. The molecule has 1 aliphatic heterocycles. The molecule has 140 valence electrons. The van der Waals surface area contributed by atoms with Crippen molar-refractivity contribution >= 4 is 30.2 Å². The molecule has 2 rings (SSSR count). The summed E-state index contributed by atoms with van der Waals surface area (Å²) in [6.45, 7) is 4.92. The van der Waals surface area contributed by atoms with Crippen LogP contribution >= 0.6 is 12.4 Å². The van der Waals surface area contributed by atoms with Gasteiger partial charge in [0.25, 0.3) is 5.91 Å². The van der Waals surface area contributed by atoms with Gasteiger partial charge in [0.2, 0.25) is 5.72 Å². The number of amides is 2. The SMILES string of the molecule is CCCCOC(=O)N1C(=O)C(C)(N)Oc2c(CCO)nc(C)nc21.Cl. The van der Waals surface area contributed by atoms with Crippen LogP contribution < -0.4 is 15.4 Å². The third-order valence-corrected chi connectivity index (χ3v) is 3.44. The number of aryl methyl sites for hydroxylation is 1. The van der Waals surface area contributed by atoms with Crippen LogP contribution in [0.2, 0.25) is 0 Å². The van der Waals surface area contributed by atoms with E-state index in [0.29, 0.717) is 17.9 Å². The normalized spacial score (nSPS) is 18.9. The molecule has 10 heteroatoms. The molecule has 1 aromatic rings. The van der Waals surface area contributed by atoms with Crippen LogP contribution in [0.25, 0.3) is 0 Å². The molecule has 0 bridgehead atoms. The highest BCUT2D eigenvalue weighted by atomic mass is 35.5. The standard InChI is InChI=1S/C15H22N4O5.ClH/c1-4-5-8-23-14(22)19-12-11(24-15(3,16)13(19)21)10(6-7-20)17-9(2)18-12;/h20H,4-8,16H2,1-3H3;1H. The van der Waals surface area contributed by atoms with Crippen molar-refractivity contribution in [2.75, 3.05) is 18.1 Å². The summed E-state index contributed by atoms with van der Waals surface area (Å²) in [5, 5.41) is 9.19. The van der Waals surface area contributed by atoms with Crippen molar-refractivity contribution in [1.29, 1.82) is 0 Å². The first kappa shape index (κ1) is 21.1. The number of hydrogen-bond acceptors (Lipinski definition) is 8. The Bertz CT molecular complexity index is 653. The van der Waals surface area contributed by atoms with Crippen molar-refractivity contribution in [2.45, 2.75) is 45.8 Å². The molecule has 0 aromatic carbocycles. The number of nitrogens with two attached hydrogens (primary N) is 1. The van der Waals surface area contributed by atoms with E-state index in [4.69, 9.17) is 15.2 Å². The zero-order valence-corrected chi connectivity index (χ0v) is 15.3. The lowest BCUT2D eigenvalue weighted by Gasteiger charge is -2.36. The summed E-state index contributed by atoms with van der Waals surface area (Å²) in [7, 11) is 0. The van der Waals surface area contributed by atoms with E-state index in [1.807, 2.05) is 6.92 Å². The predicted molar refractivity (Wildman–Crippen MR) is 91.8 cm³/mol. The summed E-state index contributed by atoms with van der Waals surface area (Å²) in [6.07, 6.45) is 0.838. The highest BCUT2D eigenvalue weighted by Crippen LogP contribution is 2.37. The zero-order chi connectivity index (χ0) is 17.9. The van der Waals surface area contributed by atoms with Gasteiger partial charge in [-0.25, -0.2) is 14.8 Å². The molecule has 0 saturated carbocycles. The van der Waals surface area contributed by atoms with Crippen LogP contribution in [0.15, 0.2) is 0 Å². The molecule has 9 nitrogen and oxygen atoms in total. The number of aromatic nitrogens is 2. The Morgan fingerprint density at radius 3 is 2.72 bits per heavy atom. The molecule has 0 radical (unpaired) electrons. The monoisotopic (exact) mass is 374 g/mol. The number of anilines is 1. The van der Waals surface area contributed by atoms with E-state index >= 15 is 0 Å². The topological polar surface area (TPSA) is 128 Å². The molecule has 2 heterocycles. The van der Waals surface area contributed by atoms with Gasteiger partial charge in [-0.1, -0.05) is 13.3 Å². The Kier molecular flexibility index (Phi) is 7.09. The van der Waals surface area contributed by atoms with Crippen molar-refractivity contribution in [3.8, 4) is 5.75 Å². The van der Waals surface area contributed by atoms with E-state index in [0.717, 1.165) is 11.3 Å². The van der Waals surface area contributed by atoms with Crippen LogP contribution in [0.1, 0.15) is 38.2 Å². The van der Waals surface area contributed by atoms with Crippen molar-refractivity contribution < 1.29 is 24.2 Å². The van der Waals surface area contributed by atoms with Gasteiger partial charge in [0.05, 0.1) is 12.3 Å². The number of rotatable bonds is 5. The van der Waals surface area contributed by atoms with Crippen LogP contribution in [0.5, 0.6) is 5.75 Å². The molecule has 2 amide bonds. The number of carbonyl (C=O) groups is 2. The number of halogens is 1. The minimum Gasteiger partial charge on any atom is -0.458 e. The summed E-state index contributed by atoms with van der Waals surface area (Å²) < 4.78 is 10.6. The van der Waals surface area contributed by atoms with Gasteiger partial charge >= 0.3 is 6.09 Å². The van der Waals surface area contributed by atoms with E-state index in [1.165, 1.54) is 6.92 Å². The Balaban J connectivity index is 0.00000312. The first-order valence-corrected chi connectivity index (χ1v) is 7.79. The molecule has 0 fully saturated rings. The molecular weight excluding hydrogens is 352 g/mol. The number of aliphatic hydroxyl groups is 1. The molecule has 0 spiro atoms. The van der Waals surface area contributed by atoms with E-state index in [9.17, 15) is 14.7 Å². The molecule has 0 saturated heterocycles. The van der Waals surface area contributed by atoms with Crippen molar-refractivity contribution in [3.63, 3.8) is 0 Å². The highest BCUT2D eigenvalue weighted by molar-refractivity contribution is 6.16. The van der Waals surface area contributed by atoms with Crippen molar-refractivity contribution in [2.24, 2.45) is 5.73 Å². The maximum Gasteiger partial charge on any atom is 0.422 e. The van der Waals surface area contributed by atoms with Gasteiger partial charge in [-0.05, 0) is 20.3 Å². The maximum atomic E-state index is 12.5.